The highest BCUT2D eigenvalue weighted by molar-refractivity contribution is 7.09. The molecule has 4 rings (SSSR count). The molecule has 2 amide bonds. The molecule has 1 aliphatic heterocycles. The molecule has 0 saturated carbocycles. The van der Waals surface area contributed by atoms with E-state index < -0.39 is 8.32 Å². The Morgan fingerprint density at radius 3 is 2.30 bits per heavy atom. The number of amides is 2. The monoisotopic (exact) mass is 582 g/mol. The predicted molar refractivity (Wildman–Crippen MR) is 159 cm³/mol. The van der Waals surface area contributed by atoms with Crippen LogP contribution in [0, 0.1) is 6.92 Å². The van der Waals surface area contributed by atoms with E-state index >= 15 is 0 Å². The topological polar surface area (TPSA) is 103 Å². The average Bonchev–Trinajstić information content (AvgIpc) is 3.25. The van der Waals surface area contributed by atoms with E-state index in [4.69, 9.17) is 13.9 Å². The number of nitrogens with zero attached hydrogens (tertiary/aromatic N) is 3. The van der Waals surface area contributed by atoms with Gasteiger partial charge >= 0.3 is 0 Å². The van der Waals surface area contributed by atoms with Crippen LogP contribution in [0.2, 0.25) is 18.1 Å². The number of carbonyl (C=O) groups is 2. The van der Waals surface area contributed by atoms with Crippen molar-refractivity contribution >= 4 is 36.8 Å². The molecule has 0 radical (unpaired) electrons. The van der Waals surface area contributed by atoms with Crippen molar-refractivity contribution < 1.29 is 23.5 Å². The average molecular weight is 583 g/mol. The van der Waals surface area contributed by atoms with E-state index in [0.29, 0.717) is 45.9 Å². The van der Waals surface area contributed by atoms with Crippen molar-refractivity contribution in [1.82, 2.24) is 14.3 Å². The number of benzene rings is 2. The summed E-state index contributed by atoms with van der Waals surface area (Å²) in [5.41, 5.74) is 0.967. The fourth-order valence-electron chi connectivity index (χ4n) is 3.66. The zero-order valence-corrected chi connectivity index (χ0v) is 26.1. The molecule has 9 nitrogen and oxygen atoms in total. The minimum atomic E-state index is -1.94. The van der Waals surface area contributed by atoms with Gasteiger partial charge in [-0.25, -0.2) is 4.98 Å². The number of aryl methyl sites for hydroxylation is 1. The molecule has 214 valence electrons. The van der Waals surface area contributed by atoms with Crippen molar-refractivity contribution in [3.63, 3.8) is 0 Å². The molecule has 2 heterocycles. The number of likely N-dealkylation sites (tertiary alicyclic amines) is 1. The molecule has 1 atom stereocenters. The lowest BCUT2D eigenvalue weighted by Crippen LogP contribution is -2.43. The van der Waals surface area contributed by atoms with Gasteiger partial charge in [-0.15, -0.1) is 0 Å². The molecule has 11 heteroatoms. The summed E-state index contributed by atoms with van der Waals surface area (Å²) in [5.74, 6) is 1.70. The Morgan fingerprint density at radius 2 is 1.73 bits per heavy atom. The second kappa shape index (κ2) is 12.1. The number of aromatic nitrogens is 2. The smallest absolute Gasteiger partial charge is 0.257 e. The van der Waals surface area contributed by atoms with E-state index in [-0.39, 0.29) is 23.0 Å². The lowest BCUT2D eigenvalue weighted by Gasteiger charge is -2.36. The number of nitrogens with one attached hydrogen (secondary N) is 1. The first-order valence-corrected chi connectivity index (χ1v) is 17.1. The van der Waals surface area contributed by atoms with Crippen molar-refractivity contribution in [3.05, 3.63) is 59.4 Å². The standard InChI is InChI=1S/C29H38N4O5SSi/c1-19(18-36-40(6,7)29(3,4)5)37-24-15-22(26(34)31-28-30-20(2)32-39-28)16-25(17-24)38-23-11-9-21(10-12-23)27(35)33-13-8-14-33/h9-12,15-17,19H,8,13-14,18H2,1-7H3,(H,30,31,32,34). The van der Waals surface area contributed by atoms with Crippen LogP contribution in [0.1, 0.15) is 60.7 Å². The van der Waals surface area contributed by atoms with Crippen molar-refractivity contribution in [3.8, 4) is 17.2 Å². The fraction of sp³-hybridized carbons (Fsp3) is 0.448. The van der Waals surface area contributed by atoms with E-state index in [2.05, 4.69) is 48.5 Å². The number of carbonyl (C=O) groups excluding carboxylic acids is 2. The maximum atomic E-state index is 13.1. The van der Waals surface area contributed by atoms with Crippen molar-refractivity contribution in [2.45, 2.75) is 65.3 Å². The Morgan fingerprint density at radius 1 is 1.05 bits per heavy atom. The summed E-state index contributed by atoms with van der Waals surface area (Å²) >= 11 is 1.12. The highest BCUT2D eigenvalue weighted by atomic mass is 32.1. The van der Waals surface area contributed by atoms with Crippen LogP contribution in [-0.4, -0.2) is 60.2 Å². The molecule has 3 aromatic rings. The Kier molecular flexibility index (Phi) is 8.96. The van der Waals surface area contributed by atoms with Gasteiger partial charge in [0, 0.05) is 41.8 Å². The number of anilines is 1. The van der Waals surface area contributed by atoms with Crippen LogP contribution in [0.3, 0.4) is 0 Å². The first kappa shape index (κ1) is 29.7. The lowest BCUT2D eigenvalue weighted by atomic mass is 10.1. The molecule has 1 fully saturated rings. The lowest BCUT2D eigenvalue weighted by molar-refractivity contribution is 0.0651. The third kappa shape index (κ3) is 7.46. The summed E-state index contributed by atoms with van der Waals surface area (Å²) in [5, 5.41) is 3.29. The molecule has 0 spiro atoms. The summed E-state index contributed by atoms with van der Waals surface area (Å²) in [6.07, 6.45) is 0.791. The molecular weight excluding hydrogens is 544 g/mol. The molecular formula is C29H38N4O5SSi. The second-order valence-electron chi connectivity index (χ2n) is 11.6. The normalized spacial score (nSPS) is 14.3. The SMILES string of the molecule is Cc1nsc(NC(=O)c2cc(Oc3ccc(C(=O)N4CCC4)cc3)cc(OC(C)CO[Si](C)(C)C(C)(C)C)c2)n1. The largest absolute Gasteiger partial charge is 0.488 e. The van der Waals surface area contributed by atoms with Crippen LogP contribution >= 0.6 is 11.5 Å². The fourth-order valence-corrected chi connectivity index (χ4v) is 5.31. The van der Waals surface area contributed by atoms with Crippen LogP contribution < -0.4 is 14.8 Å². The van der Waals surface area contributed by atoms with Gasteiger partial charge in [-0.3, -0.25) is 14.9 Å². The van der Waals surface area contributed by atoms with Crippen molar-refractivity contribution in [2.24, 2.45) is 0 Å². The van der Waals surface area contributed by atoms with Crippen LogP contribution in [0.5, 0.6) is 17.2 Å². The third-order valence-electron chi connectivity index (χ3n) is 7.19. The van der Waals surface area contributed by atoms with Gasteiger partial charge in [-0.1, -0.05) is 20.8 Å². The summed E-state index contributed by atoms with van der Waals surface area (Å²) in [6.45, 7) is 16.7. The van der Waals surface area contributed by atoms with Gasteiger partial charge in [-0.2, -0.15) is 4.37 Å². The summed E-state index contributed by atoms with van der Waals surface area (Å²) in [6, 6.07) is 12.1. The highest BCUT2D eigenvalue weighted by Crippen LogP contribution is 2.37. The Bertz CT molecular complexity index is 1350. The maximum Gasteiger partial charge on any atom is 0.257 e. The number of rotatable bonds is 10. The minimum absolute atomic E-state index is 0.0213. The van der Waals surface area contributed by atoms with Gasteiger partial charge in [-0.05, 0) is 74.8 Å². The van der Waals surface area contributed by atoms with E-state index in [0.717, 1.165) is 31.0 Å². The Balaban J connectivity index is 1.52. The molecule has 1 aromatic heterocycles. The van der Waals surface area contributed by atoms with Crippen LogP contribution in [0.4, 0.5) is 5.13 Å². The number of ether oxygens (including phenoxy) is 2. The van der Waals surface area contributed by atoms with Crippen molar-refractivity contribution in [1.29, 1.82) is 0 Å². The zero-order chi connectivity index (χ0) is 29.1. The van der Waals surface area contributed by atoms with Gasteiger partial charge in [0.15, 0.2) is 8.32 Å². The van der Waals surface area contributed by atoms with Gasteiger partial charge in [0.05, 0.1) is 6.61 Å². The van der Waals surface area contributed by atoms with Gasteiger partial charge in [0.1, 0.15) is 29.2 Å². The molecule has 0 bridgehead atoms. The molecule has 1 aliphatic rings. The molecule has 1 saturated heterocycles. The predicted octanol–water partition coefficient (Wildman–Crippen LogP) is 6.53. The summed E-state index contributed by atoms with van der Waals surface area (Å²) in [4.78, 5) is 31.6. The van der Waals surface area contributed by atoms with Gasteiger partial charge in [0.25, 0.3) is 11.8 Å². The van der Waals surface area contributed by atoms with Gasteiger partial charge in [0.2, 0.25) is 5.13 Å². The Labute approximate surface area is 241 Å². The summed E-state index contributed by atoms with van der Waals surface area (Å²) in [7, 11) is -1.94. The van der Waals surface area contributed by atoms with E-state index in [1.807, 2.05) is 11.8 Å². The summed E-state index contributed by atoms with van der Waals surface area (Å²) < 4.78 is 22.8. The van der Waals surface area contributed by atoms with Crippen LogP contribution in [0.15, 0.2) is 42.5 Å². The molecule has 1 unspecified atom stereocenters. The van der Waals surface area contributed by atoms with Gasteiger partial charge < -0.3 is 18.8 Å². The maximum absolute atomic E-state index is 13.1. The molecule has 1 N–H and O–H groups in total. The van der Waals surface area contributed by atoms with E-state index in [1.165, 1.54) is 0 Å². The first-order valence-electron chi connectivity index (χ1n) is 13.5. The molecule has 2 aromatic carbocycles. The quantitative estimate of drug-likeness (QED) is 0.271. The van der Waals surface area contributed by atoms with Crippen LogP contribution in [0.25, 0.3) is 0 Å². The first-order chi connectivity index (χ1) is 18.8. The van der Waals surface area contributed by atoms with Crippen molar-refractivity contribution in [2.75, 3.05) is 25.0 Å². The number of hydrogen-bond donors (Lipinski definition) is 1. The van der Waals surface area contributed by atoms with E-state index in [9.17, 15) is 9.59 Å². The molecule has 0 aliphatic carbocycles. The number of hydrogen-bond acceptors (Lipinski definition) is 8. The third-order valence-corrected chi connectivity index (χ3v) is 12.4. The zero-order valence-electron chi connectivity index (χ0n) is 24.2. The van der Waals surface area contributed by atoms with E-state index in [1.54, 1.807) is 49.4 Å². The molecule has 40 heavy (non-hydrogen) atoms. The highest BCUT2D eigenvalue weighted by Gasteiger charge is 2.37. The Hall–Kier alpha value is -3.28. The second-order valence-corrected chi connectivity index (χ2v) is 17.1. The van der Waals surface area contributed by atoms with Crippen LogP contribution in [-0.2, 0) is 4.43 Å². The minimum Gasteiger partial charge on any atom is -0.488 e.